The van der Waals surface area contributed by atoms with Crippen LogP contribution in [0, 0.1) is 11.3 Å². The van der Waals surface area contributed by atoms with E-state index in [9.17, 15) is 0 Å². The first-order valence-corrected chi connectivity index (χ1v) is 11.5. The third kappa shape index (κ3) is 6.57. The number of rotatable bonds is 11. The van der Waals surface area contributed by atoms with Crippen molar-refractivity contribution in [1.82, 2.24) is 0 Å². The third-order valence-corrected chi connectivity index (χ3v) is 6.69. The molecule has 0 spiro atoms. The van der Waals surface area contributed by atoms with Crippen molar-refractivity contribution >= 4 is 0 Å². The summed E-state index contributed by atoms with van der Waals surface area (Å²) in [7, 11) is 0. The molecule has 0 atom stereocenters. The molecule has 0 radical (unpaired) electrons. The van der Waals surface area contributed by atoms with Crippen molar-refractivity contribution in [3.63, 3.8) is 0 Å². The minimum atomic E-state index is 0.0788. The van der Waals surface area contributed by atoms with E-state index in [1.807, 2.05) is 6.08 Å². The summed E-state index contributed by atoms with van der Waals surface area (Å²) >= 11 is 0. The lowest BCUT2D eigenvalue weighted by atomic mass is 9.78. The van der Waals surface area contributed by atoms with Crippen LogP contribution in [0.2, 0.25) is 0 Å². The van der Waals surface area contributed by atoms with Gasteiger partial charge in [-0.25, -0.2) is 0 Å². The van der Waals surface area contributed by atoms with Crippen molar-refractivity contribution in [2.24, 2.45) is 11.3 Å². The number of hydrogen-bond donors (Lipinski definition) is 0. The zero-order valence-corrected chi connectivity index (χ0v) is 18.0. The maximum atomic E-state index is 5.80. The first-order chi connectivity index (χ1) is 14.2. The van der Waals surface area contributed by atoms with Gasteiger partial charge >= 0.3 is 0 Å². The van der Waals surface area contributed by atoms with Crippen molar-refractivity contribution in [1.29, 1.82) is 0 Å². The lowest BCUT2D eigenvalue weighted by Crippen LogP contribution is -2.24. The number of ether oxygens (including phenoxy) is 1. The summed E-state index contributed by atoms with van der Waals surface area (Å²) in [6.07, 6.45) is 24.3. The van der Waals surface area contributed by atoms with Crippen molar-refractivity contribution in [3.8, 4) is 0 Å². The summed E-state index contributed by atoms with van der Waals surface area (Å²) in [5.74, 6) is 1.49. The lowest BCUT2D eigenvalue weighted by Gasteiger charge is -2.29. The molecule has 0 N–H and O–H groups in total. The second kappa shape index (κ2) is 11.4. The van der Waals surface area contributed by atoms with Crippen LogP contribution in [0.4, 0.5) is 0 Å². The largest absolute Gasteiger partial charge is 0.376 e. The van der Waals surface area contributed by atoms with Crippen LogP contribution in [0.25, 0.3) is 0 Å². The molecule has 0 amide bonds. The fraction of sp³-hybridized carbons (Fsp3) is 0.500. The predicted octanol–water partition coefficient (Wildman–Crippen LogP) is 7.56. The summed E-state index contributed by atoms with van der Waals surface area (Å²) in [5, 5.41) is 0. The Hall–Kier alpha value is -1.86. The molecule has 1 nitrogen and oxygen atoms in total. The molecular formula is C28H38O. The van der Waals surface area contributed by atoms with Crippen molar-refractivity contribution in [3.05, 3.63) is 85.0 Å². The summed E-state index contributed by atoms with van der Waals surface area (Å²) in [5.41, 5.74) is 3.09. The van der Waals surface area contributed by atoms with Gasteiger partial charge in [0.25, 0.3) is 0 Å². The average Bonchev–Trinajstić information content (AvgIpc) is 2.78. The average molecular weight is 391 g/mol. The number of hydrogen-bond acceptors (Lipinski definition) is 1. The van der Waals surface area contributed by atoms with Crippen LogP contribution in [-0.4, -0.2) is 13.2 Å². The molecule has 1 aromatic carbocycles. The maximum Gasteiger partial charge on any atom is 0.0645 e. The molecule has 2 aliphatic rings. The van der Waals surface area contributed by atoms with Crippen LogP contribution in [0.3, 0.4) is 0 Å². The molecule has 3 rings (SSSR count). The normalized spacial score (nSPS) is 23.0. The zero-order valence-electron chi connectivity index (χ0n) is 18.0. The summed E-state index contributed by atoms with van der Waals surface area (Å²) < 4.78 is 5.80. The first-order valence-electron chi connectivity index (χ1n) is 11.5. The van der Waals surface area contributed by atoms with E-state index < -0.39 is 0 Å². The Morgan fingerprint density at radius 1 is 0.966 bits per heavy atom. The maximum absolute atomic E-state index is 5.80. The van der Waals surface area contributed by atoms with Gasteiger partial charge < -0.3 is 4.74 Å². The highest BCUT2D eigenvalue weighted by atomic mass is 16.5. The molecule has 0 bridgehead atoms. The van der Waals surface area contributed by atoms with Gasteiger partial charge in [0.2, 0.25) is 0 Å². The molecule has 0 aliphatic heterocycles. The Labute approximate surface area is 178 Å². The van der Waals surface area contributed by atoms with Gasteiger partial charge in [0.1, 0.15) is 0 Å². The van der Waals surface area contributed by atoms with Crippen LogP contribution in [0.5, 0.6) is 0 Å². The monoisotopic (exact) mass is 390 g/mol. The molecular weight excluding hydrogens is 352 g/mol. The molecule has 156 valence electrons. The smallest absolute Gasteiger partial charge is 0.0645 e. The van der Waals surface area contributed by atoms with E-state index in [1.165, 1.54) is 56.1 Å². The van der Waals surface area contributed by atoms with Gasteiger partial charge in [-0.05, 0) is 74.3 Å². The van der Waals surface area contributed by atoms with E-state index in [4.69, 9.17) is 4.74 Å². The van der Waals surface area contributed by atoms with E-state index in [1.54, 1.807) is 0 Å². The van der Waals surface area contributed by atoms with Crippen molar-refractivity contribution in [2.45, 2.75) is 63.7 Å². The van der Waals surface area contributed by atoms with E-state index in [0.29, 0.717) is 6.61 Å². The van der Waals surface area contributed by atoms with E-state index in [0.717, 1.165) is 31.3 Å². The Balaban J connectivity index is 1.43. The highest BCUT2D eigenvalue weighted by Gasteiger charge is 2.25. The fourth-order valence-electron chi connectivity index (χ4n) is 4.83. The summed E-state index contributed by atoms with van der Waals surface area (Å²) in [4.78, 5) is 0. The van der Waals surface area contributed by atoms with Gasteiger partial charge in [0.05, 0.1) is 13.2 Å². The van der Waals surface area contributed by atoms with Crippen LogP contribution in [-0.2, 0) is 11.2 Å². The minimum absolute atomic E-state index is 0.0788. The molecule has 0 aromatic heterocycles. The number of benzene rings is 1. The Morgan fingerprint density at radius 3 is 2.34 bits per heavy atom. The van der Waals surface area contributed by atoms with E-state index in [2.05, 4.69) is 67.8 Å². The molecule has 0 heterocycles. The van der Waals surface area contributed by atoms with Gasteiger partial charge in [0.15, 0.2) is 0 Å². The van der Waals surface area contributed by atoms with Gasteiger partial charge in [-0.2, -0.15) is 0 Å². The van der Waals surface area contributed by atoms with Crippen LogP contribution in [0.15, 0.2) is 73.9 Å². The van der Waals surface area contributed by atoms with Gasteiger partial charge in [0, 0.05) is 5.41 Å². The molecule has 29 heavy (non-hydrogen) atoms. The summed E-state index contributed by atoms with van der Waals surface area (Å²) in [6, 6.07) is 9.48. The topological polar surface area (TPSA) is 9.23 Å². The molecule has 0 saturated heterocycles. The van der Waals surface area contributed by atoms with Gasteiger partial charge in [-0.15, -0.1) is 13.2 Å². The van der Waals surface area contributed by atoms with Crippen LogP contribution in [0.1, 0.15) is 68.4 Å². The Kier molecular flexibility index (Phi) is 8.55. The number of allylic oxidation sites excluding steroid dienone is 3. The second-order valence-corrected chi connectivity index (χ2v) is 8.87. The second-order valence-electron chi connectivity index (χ2n) is 8.87. The summed E-state index contributed by atoms with van der Waals surface area (Å²) in [6.45, 7) is 9.11. The SMILES string of the molecule is C=CCOCC1(CCCCc2ccc(C3CCC(C=C)CC3)cc2)C=CCC=C1. The highest BCUT2D eigenvalue weighted by molar-refractivity contribution is 5.26. The molecule has 0 unspecified atom stereocenters. The van der Waals surface area contributed by atoms with E-state index >= 15 is 0 Å². The quantitative estimate of drug-likeness (QED) is 0.280. The molecule has 1 saturated carbocycles. The lowest BCUT2D eigenvalue weighted by molar-refractivity contribution is 0.103. The standard InChI is InChI=1S/C28H38O/c1-3-22-29-23-28(19-7-5-8-20-28)21-9-6-10-25-13-17-27(18-14-25)26-15-11-24(4-2)12-16-26/h3-4,7-8,13-14,17-20,24,26H,1-2,5-6,9-12,15-16,21-23H2. The molecule has 1 heteroatoms. The van der Waals surface area contributed by atoms with Crippen LogP contribution >= 0.6 is 0 Å². The Bertz CT molecular complexity index is 674. The third-order valence-electron chi connectivity index (χ3n) is 6.69. The van der Waals surface area contributed by atoms with Crippen molar-refractivity contribution in [2.75, 3.05) is 13.2 Å². The molecule has 1 aromatic rings. The highest BCUT2D eigenvalue weighted by Crippen LogP contribution is 2.36. The van der Waals surface area contributed by atoms with E-state index in [-0.39, 0.29) is 5.41 Å². The zero-order chi connectivity index (χ0) is 20.4. The molecule has 2 aliphatic carbocycles. The fourth-order valence-corrected chi connectivity index (χ4v) is 4.83. The number of unbranched alkanes of at least 4 members (excludes halogenated alkanes) is 1. The number of aryl methyl sites for hydroxylation is 1. The van der Waals surface area contributed by atoms with Crippen LogP contribution < -0.4 is 0 Å². The van der Waals surface area contributed by atoms with Gasteiger partial charge in [-0.1, -0.05) is 67.1 Å². The molecule has 1 fully saturated rings. The first kappa shape index (κ1) is 21.8. The minimum Gasteiger partial charge on any atom is -0.376 e. The van der Waals surface area contributed by atoms with Crippen molar-refractivity contribution < 1.29 is 4.74 Å². The Morgan fingerprint density at radius 2 is 1.69 bits per heavy atom. The predicted molar refractivity (Wildman–Crippen MR) is 125 cm³/mol. The van der Waals surface area contributed by atoms with Gasteiger partial charge in [-0.3, -0.25) is 0 Å².